The zero-order valence-corrected chi connectivity index (χ0v) is 10.6. The lowest BCUT2D eigenvalue weighted by atomic mass is 10.2. The molecule has 1 heterocycles. The molecule has 84 valence electrons. The molecule has 2 rings (SSSR count). The van der Waals surface area contributed by atoms with E-state index in [0.29, 0.717) is 5.82 Å². The fourth-order valence-corrected chi connectivity index (χ4v) is 1.81. The van der Waals surface area contributed by atoms with Crippen molar-refractivity contribution in [3.05, 3.63) is 34.1 Å². The van der Waals surface area contributed by atoms with Crippen LogP contribution in [0.25, 0.3) is 5.69 Å². The van der Waals surface area contributed by atoms with Crippen molar-refractivity contribution in [3.8, 4) is 5.69 Å². The highest BCUT2D eigenvalue weighted by Crippen LogP contribution is 2.21. The van der Waals surface area contributed by atoms with Crippen LogP contribution in [0.2, 0.25) is 0 Å². The summed E-state index contributed by atoms with van der Waals surface area (Å²) >= 11 is 3.43. The summed E-state index contributed by atoms with van der Waals surface area (Å²) in [6.45, 7) is 3.87. The molecule has 1 aromatic carbocycles. The van der Waals surface area contributed by atoms with Crippen LogP contribution in [0.15, 0.2) is 22.7 Å². The second-order valence-corrected chi connectivity index (χ2v) is 4.58. The average molecular weight is 282 g/mol. The van der Waals surface area contributed by atoms with Gasteiger partial charge in [-0.15, -0.1) is 5.10 Å². The van der Waals surface area contributed by atoms with E-state index >= 15 is 0 Å². The molecular formula is C10H12BrN5. The number of nitrogens with zero attached hydrogens (tertiary/aromatic N) is 4. The first-order chi connectivity index (χ1) is 7.59. The van der Waals surface area contributed by atoms with Gasteiger partial charge < -0.3 is 5.73 Å². The van der Waals surface area contributed by atoms with Crippen LogP contribution >= 0.6 is 15.9 Å². The molecule has 0 aliphatic rings. The lowest BCUT2D eigenvalue weighted by Gasteiger charge is -2.09. The minimum Gasteiger partial charge on any atom is -0.321 e. The van der Waals surface area contributed by atoms with Crippen LogP contribution in [0, 0.1) is 6.92 Å². The van der Waals surface area contributed by atoms with Gasteiger partial charge in [-0.3, -0.25) is 0 Å². The number of aromatic nitrogens is 4. The zero-order valence-electron chi connectivity index (χ0n) is 9.05. The van der Waals surface area contributed by atoms with Gasteiger partial charge in [0.25, 0.3) is 0 Å². The molecule has 0 aliphatic heterocycles. The van der Waals surface area contributed by atoms with Crippen molar-refractivity contribution in [2.24, 2.45) is 5.73 Å². The molecule has 5 nitrogen and oxygen atoms in total. The quantitative estimate of drug-likeness (QED) is 0.911. The normalized spacial score (nSPS) is 12.8. The Balaban J connectivity index is 2.58. The van der Waals surface area contributed by atoms with Crippen LogP contribution in [-0.4, -0.2) is 20.2 Å². The van der Waals surface area contributed by atoms with E-state index in [1.807, 2.05) is 32.0 Å². The maximum absolute atomic E-state index is 5.81. The van der Waals surface area contributed by atoms with Gasteiger partial charge in [0.2, 0.25) is 0 Å². The van der Waals surface area contributed by atoms with E-state index < -0.39 is 0 Å². The van der Waals surface area contributed by atoms with Gasteiger partial charge in [0, 0.05) is 4.47 Å². The standard InChI is InChI=1S/C10H12BrN5/c1-6-3-4-8(11)5-9(6)16-10(7(2)12)13-14-15-16/h3-5,7H,12H2,1-2H3. The van der Waals surface area contributed by atoms with Crippen LogP contribution in [-0.2, 0) is 0 Å². The Bertz CT molecular complexity index is 506. The van der Waals surface area contributed by atoms with Gasteiger partial charge in [0.05, 0.1) is 11.7 Å². The summed E-state index contributed by atoms with van der Waals surface area (Å²) in [5.41, 5.74) is 7.84. The molecule has 0 saturated heterocycles. The Hall–Kier alpha value is -1.27. The summed E-state index contributed by atoms with van der Waals surface area (Å²) < 4.78 is 2.66. The third kappa shape index (κ3) is 1.98. The third-order valence-electron chi connectivity index (χ3n) is 2.30. The van der Waals surface area contributed by atoms with E-state index in [0.717, 1.165) is 15.7 Å². The molecule has 1 unspecified atom stereocenters. The number of halogens is 1. The third-order valence-corrected chi connectivity index (χ3v) is 2.79. The van der Waals surface area contributed by atoms with Gasteiger partial charge in [-0.2, -0.15) is 4.68 Å². The highest BCUT2D eigenvalue weighted by Gasteiger charge is 2.13. The predicted molar refractivity (Wildman–Crippen MR) is 64.2 cm³/mol. The van der Waals surface area contributed by atoms with Gasteiger partial charge in [-0.25, -0.2) is 0 Å². The summed E-state index contributed by atoms with van der Waals surface area (Å²) in [5, 5.41) is 11.5. The van der Waals surface area contributed by atoms with Crippen LogP contribution in [0.4, 0.5) is 0 Å². The zero-order chi connectivity index (χ0) is 11.7. The van der Waals surface area contributed by atoms with Crippen molar-refractivity contribution in [3.63, 3.8) is 0 Å². The molecule has 0 fully saturated rings. The van der Waals surface area contributed by atoms with E-state index in [4.69, 9.17) is 5.73 Å². The fraction of sp³-hybridized carbons (Fsp3) is 0.300. The van der Waals surface area contributed by atoms with Crippen LogP contribution in [0.5, 0.6) is 0 Å². The summed E-state index contributed by atoms with van der Waals surface area (Å²) in [6, 6.07) is 5.76. The Morgan fingerprint density at radius 2 is 2.19 bits per heavy atom. The first-order valence-electron chi connectivity index (χ1n) is 4.90. The summed E-state index contributed by atoms with van der Waals surface area (Å²) in [4.78, 5) is 0. The molecule has 2 N–H and O–H groups in total. The Morgan fingerprint density at radius 3 is 2.88 bits per heavy atom. The molecule has 1 atom stereocenters. The molecule has 1 aromatic heterocycles. The molecule has 2 aromatic rings. The van der Waals surface area contributed by atoms with Crippen LogP contribution in [0.1, 0.15) is 24.4 Å². The predicted octanol–water partition coefficient (Wildman–Crippen LogP) is 1.75. The van der Waals surface area contributed by atoms with E-state index in [1.165, 1.54) is 0 Å². The Labute approximate surface area is 102 Å². The Kier molecular flexibility index (Phi) is 3.02. The second-order valence-electron chi connectivity index (χ2n) is 3.67. The largest absolute Gasteiger partial charge is 0.321 e. The van der Waals surface area contributed by atoms with Gasteiger partial charge >= 0.3 is 0 Å². The number of tetrazole rings is 1. The van der Waals surface area contributed by atoms with Gasteiger partial charge in [-0.05, 0) is 42.0 Å². The van der Waals surface area contributed by atoms with E-state index in [1.54, 1.807) is 4.68 Å². The summed E-state index contributed by atoms with van der Waals surface area (Å²) in [5.74, 6) is 0.654. The monoisotopic (exact) mass is 281 g/mol. The van der Waals surface area contributed by atoms with E-state index in [9.17, 15) is 0 Å². The number of nitrogens with two attached hydrogens (primary N) is 1. The fourth-order valence-electron chi connectivity index (χ4n) is 1.46. The van der Waals surface area contributed by atoms with Gasteiger partial charge in [0.15, 0.2) is 5.82 Å². The SMILES string of the molecule is Cc1ccc(Br)cc1-n1nnnc1C(C)N. The van der Waals surface area contributed by atoms with Crippen LogP contribution in [0.3, 0.4) is 0 Å². The summed E-state index contributed by atoms with van der Waals surface area (Å²) in [7, 11) is 0. The number of aryl methyl sites for hydroxylation is 1. The maximum atomic E-state index is 5.81. The number of hydrogen-bond acceptors (Lipinski definition) is 4. The second kappa shape index (κ2) is 4.31. The average Bonchev–Trinajstić information content (AvgIpc) is 2.70. The molecule has 0 aliphatic carbocycles. The van der Waals surface area contributed by atoms with Crippen molar-refractivity contribution < 1.29 is 0 Å². The molecule has 0 spiro atoms. The van der Waals surface area contributed by atoms with Crippen molar-refractivity contribution in [2.45, 2.75) is 19.9 Å². The molecule has 6 heteroatoms. The van der Waals surface area contributed by atoms with E-state index in [-0.39, 0.29) is 6.04 Å². The van der Waals surface area contributed by atoms with Crippen LogP contribution < -0.4 is 5.73 Å². The first kappa shape index (κ1) is 11.2. The topological polar surface area (TPSA) is 69.6 Å². The molecule has 0 saturated carbocycles. The van der Waals surface area contributed by atoms with Crippen molar-refractivity contribution >= 4 is 15.9 Å². The van der Waals surface area contributed by atoms with Crippen molar-refractivity contribution in [1.82, 2.24) is 20.2 Å². The Morgan fingerprint density at radius 1 is 1.44 bits per heavy atom. The molecule has 0 bridgehead atoms. The number of rotatable bonds is 2. The van der Waals surface area contributed by atoms with Crippen molar-refractivity contribution in [1.29, 1.82) is 0 Å². The smallest absolute Gasteiger partial charge is 0.173 e. The maximum Gasteiger partial charge on any atom is 0.173 e. The minimum absolute atomic E-state index is 0.201. The highest BCUT2D eigenvalue weighted by atomic mass is 79.9. The number of hydrogen-bond donors (Lipinski definition) is 1. The first-order valence-corrected chi connectivity index (χ1v) is 5.69. The van der Waals surface area contributed by atoms with E-state index in [2.05, 4.69) is 31.5 Å². The summed E-state index contributed by atoms with van der Waals surface area (Å²) in [6.07, 6.45) is 0. The molecule has 0 radical (unpaired) electrons. The number of benzene rings is 1. The molecule has 16 heavy (non-hydrogen) atoms. The lowest BCUT2D eigenvalue weighted by Crippen LogP contribution is -2.14. The van der Waals surface area contributed by atoms with Gasteiger partial charge in [-0.1, -0.05) is 22.0 Å². The van der Waals surface area contributed by atoms with Gasteiger partial charge in [0.1, 0.15) is 0 Å². The molecular weight excluding hydrogens is 270 g/mol. The van der Waals surface area contributed by atoms with Crippen molar-refractivity contribution in [2.75, 3.05) is 0 Å². The minimum atomic E-state index is -0.201. The highest BCUT2D eigenvalue weighted by molar-refractivity contribution is 9.10. The lowest BCUT2D eigenvalue weighted by molar-refractivity contribution is 0.686. The molecule has 0 amide bonds.